The van der Waals surface area contributed by atoms with Crippen molar-refractivity contribution in [2.24, 2.45) is 5.92 Å². The summed E-state index contributed by atoms with van der Waals surface area (Å²) < 4.78 is 0. The molecule has 0 aromatic carbocycles. The maximum absolute atomic E-state index is 9.30. The van der Waals surface area contributed by atoms with Crippen molar-refractivity contribution in [3.8, 4) is 0 Å². The lowest BCUT2D eigenvalue weighted by Crippen LogP contribution is -2.36. The van der Waals surface area contributed by atoms with E-state index in [1.807, 2.05) is 12.4 Å². The van der Waals surface area contributed by atoms with E-state index in [2.05, 4.69) is 19.8 Å². The number of piperidine rings is 2. The SMILES string of the molecule is OCC1CCCN(Cc2cnc(N3CCCCC3)nc2)C1. The molecule has 0 spiro atoms. The van der Waals surface area contributed by atoms with E-state index in [-0.39, 0.29) is 0 Å². The quantitative estimate of drug-likeness (QED) is 0.914. The first-order chi connectivity index (χ1) is 10.3. The third kappa shape index (κ3) is 3.92. The van der Waals surface area contributed by atoms with Crippen molar-refractivity contribution in [1.29, 1.82) is 0 Å². The first-order valence-corrected chi connectivity index (χ1v) is 8.24. The van der Waals surface area contributed by atoms with Crippen LogP contribution in [0.5, 0.6) is 0 Å². The Kier molecular flexibility index (Phi) is 5.04. The predicted octanol–water partition coefficient (Wildman–Crippen LogP) is 1.67. The van der Waals surface area contributed by atoms with Gasteiger partial charge in [0.1, 0.15) is 0 Å². The van der Waals surface area contributed by atoms with Crippen LogP contribution in [0.3, 0.4) is 0 Å². The van der Waals surface area contributed by atoms with E-state index in [4.69, 9.17) is 0 Å². The van der Waals surface area contributed by atoms with Crippen LogP contribution >= 0.6 is 0 Å². The van der Waals surface area contributed by atoms with Gasteiger partial charge >= 0.3 is 0 Å². The van der Waals surface area contributed by atoms with Crippen molar-refractivity contribution < 1.29 is 5.11 Å². The minimum Gasteiger partial charge on any atom is -0.396 e. The smallest absolute Gasteiger partial charge is 0.225 e. The molecule has 1 atom stereocenters. The average Bonchev–Trinajstić information content (AvgIpc) is 2.56. The van der Waals surface area contributed by atoms with Gasteiger partial charge in [-0.3, -0.25) is 4.90 Å². The molecule has 1 aromatic heterocycles. The van der Waals surface area contributed by atoms with E-state index in [0.717, 1.165) is 45.1 Å². The lowest BCUT2D eigenvalue weighted by molar-refractivity contribution is 0.115. The van der Waals surface area contributed by atoms with E-state index in [0.29, 0.717) is 12.5 Å². The van der Waals surface area contributed by atoms with Crippen LogP contribution in [-0.4, -0.2) is 52.8 Å². The Bertz CT molecular complexity index is 430. The number of hydrogen-bond acceptors (Lipinski definition) is 5. The number of aliphatic hydroxyl groups excluding tert-OH is 1. The average molecular weight is 290 g/mol. The zero-order valence-electron chi connectivity index (χ0n) is 12.7. The number of hydrogen-bond donors (Lipinski definition) is 1. The molecule has 1 N–H and O–H groups in total. The van der Waals surface area contributed by atoms with Crippen LogP contribution in [0.25, 0.3) is 0 Å². The molecule has 3 rings (SSSR count). The summed E-state index contributed by atoms with van der Waals surface area (Å²) in [6, 6.07) is 0. The minimum atomic E-state index is 0.306. The maximum Gasteiger partial charge on any atom is 0.225 e. The second kappa shape index (κ2) is 7.18. The Morgan fingerprint density at radius 3 is 2.52 bits per heavy atom. The van der Waals surface area contributed by atoms with Gasteiger partial charge in [-0.05, 0) is 44.6 Å². The highest BCUT2D eigenvalue weighted by Crippen LogP contribution is 2.19. The third-order valence-electron chi connectivity index (χ3n) is 4.60. The predicted molar refractivity (Wildman–Crippen MR) is 83.2 cm³/mol. The van der Waals surface area contributed by atoms with Crippen LogP contribution < -0.4 is 4.90 Å². The second-order valence-corrected chi connectivity index (χ2v) is 6.36. The molecule has 2 fully saturated rings. The zero-order chi connectivity index (χ0) is 14.5. The number of likely N-dealkylation sites (tertiary alicyclic amines) is 1. The summed E-state index contributed by atoms with van der Waals surface area (Å²) in [5, 5.41) is 9.30. The highest BCUT2D eigenvalue weighted by Gasteiger charge is 2.19. The number of nitrogens with zero attached hydrogens (tertiary/aromatic N) is 4. The molecule has 0 aliphatic carbocycles. The van der Waals surface area contributed by atoms with E-state index < -0.39 is 0 Å². The highest BCUT2D eigenvalue weighted by atomic mass is 16.3. The first-order valence-electron chi connectivity index (χ1n) is 8.24. The van der Waals surface area contributed by atoms with Gasteiger partial charge in [-0.25, -0.2) is 9.97 Å². The summed E-state index contributed by atoms with van der Waals surface area (Å²) >= 11 is 0. The normalized spacial score (nSPS) is 24.2. The molecule has 2 saturated heterocycles. The largest absolute Gasteiger partial charge is 0.396 e. The molecule has 0 amide bonds. The molecular formula is C16H26N4O. The number of aliphatic hydroxyl groups is 1. The summed E-state index contributed by atoms with van der Waals surface area (Å²) in [5.41, 5.74) is 1.18. The monoisotopic (exact) mass is 290 g/mol. The summed E-state index contributed by atoms with van der Waals surface area (Å²) in [5.74, 6) is 1.32. The fourth-order valence-electron chi connectivity index (χ4n) is 3.39. The van der Waals surface area contributed by atoms with Crippen LogP contribution in [-0.2, 0) is 6.54 Å². The number of rotatable bonds is 4. The van der Waals surface area contributed by atoms with Gasteiger partial charge in [-0.15, -0.1) is 0 Å². The van der Waals surface area contributed by atoms with Crippen LogP contribution in [0.4, 0.5) is 5.95 Å². The van der Waals surface area contributed by atoms with Gasteiger partial charge in [0.2, 0.25) is 5.95 Å². The van der Waals surface area contributed by atoms with Gasteiger partial charge in [0, 0.05) is 50.7 Å². The molecule has 0 radical (unpaired) electrons. The van der Waals surface area contributed by atoms with Gasteiger partial charge in [-0.2, -0.15) is 0 Å². The van der Waals surface area contributed by atoms with E-state index >= 15 is 0 Å². The molecule has 5 nitrogen and oxygen atoms in total. The van der Waals surface area contributed by atoms with Crippen molar-refractivity contribution >= 4 is 5.95 Å². The zero-order valence-corrected chi connectivity index (χ0v) is 12.7. The Balaban J connectivity index is 1.56. The van der Waals surface area contributed by atoms with Crippen molar-refractivity contribution in [3.63, 3.8) is 0 Å². The summed E-state index contributed by atoms with van der Waals surface area (Å²) in [7, 11) is 0. The van der Waals surface area contributed by atoms with Crippen LogP contribution in [0.2, 0.25) is 0 Å². The van der Waals surface area contributed by atoms with Gasteiger partial charge < -0.3 is 10.0 Å². The molecule has 1 unspecified atom stereocenters. The molecule has 116 valence electrons. The van der Waals surface area contributed by atoms with Crippen molar-refractivity contribution in [2.75, 3.05) is 37.7 Å². The molecular weight excluding hydrogens is 264 g/mol. The molecule has 2 aliphatic rings. The molecule has 2 aliphatic heterocycles. The first kappa shape index (κ1) is 14.7. The Labute approximate surface area is 127 Å². The van der Waals surface area contributed by atoms with E-state index in [1.165, 1.54) is 31.2 Å². The molecule has 5 heteroatoms. The summed E-state index contributed by atoms with van der Waals surface area (Å²) in [6.07, 6.45) is 10.1. The molecule has 0 bridgehead atoms. The van der Waals surface area contributed by atoms with Crippen LogP contribution in [0, 0.1) is 5.92 Å². The Hall–Kier alpha value is -1.20. The van der Waals surface area contributed by atoms with Gasteiger partial charge in [-0.1, -0.05) is 0 Å². The van der Waals surface area contributed by atoms with Gasteiger partial charge in [0.05, 0.1) is 0 Å². The summed E-state index contributed by atoms with van der Waals surface area (Å²) in [6.45, 7) is 5.49. The van der Waals surface area contributed by atoms with E-state index in [1.54, 1.807) is 0 Å². The van der Waals surface area contributed by atoms with Gasteiger partial charge in [0.15, 0.2) is 0 Å². The van der Waals surface area contributed by atoms with E-state index in [9.17, 15) is 5.11 Å². The molecule has 3 heterocycles. The highest BCUT2D eigenvalue weighted by molar-refractivity contribution is 5.30. The summed E-state index contributed by atoms with van der Waals surface area (Å²) in [4.78, 5) is 13.8. The fraction of sp³-hybridized carbons (Fsp3) is 0.750. The molecule has 21 heavy (non-hydrogen) atoms. The maximum atomic E-state index is 9.30. The molecule has 0 saturated carbocycles. The van der Waals surface area contributed by atoms with Gasteiger partial charge in [0.25, 0.3) is 0 Å². The lowest BCUT2D eigenvalue weighted by atomic mass is 9.99. The van der Waals surface area contributed by atoms with Crippen LogP contribution in [0.1, 0.15) is 37.7 Å². The topological polar surface area (TPSA) is 52.5 Å². The number of anilines is 1. The van der Waals surface area contributed by atoms with Crippen LogP contribution in [0.15, 0.2) is 12.4 Å². The Morgan fingerprint density at radius 2 is 1.81 bits per heavy atom. The third-order valence-corrected chi connectivity index (χ3v) is 4.60. The Morgan fingerprint density at radius 1 is 1.05 bits per heavy atom. The standard InChI is InChI=1S/C16H26N4O/c21-13-14-5-4-6-19(11-14)12-15-9-17-16(18-10-15)20-7-2-1-3-8-20/h9-10,14,21H,1-8,11-13H2. The van der Waals surface area contributed by atoms with Crippen molar-refractivity contribution in [1.82, 2.24) is 14.9 Å². The van der Waals surface area contributed by atoms with Crippen molar-refractivity contribution in [3.05, 3.63) is 18.0 Å². The lowest BCUT2D eigenvalue weighted by Gasteiger charge is -2.31. The number of aromatic nitrogens is 2. The second-order valence-electron chi connectivity index (χ2n) is 6.36. The molecule has 1 aromatic rings. The minimum absolute atomic E-state index is 0.306. The fourth-order valence-corrected chi connectivity index (χ4v) is 3.39. The van der Waals surface area contributed by atoms with Crippen molar-refractivity contribution in [2.45, 2.75) is 38.6 Å².